The maximum absolute atomic E-state index is 10.5. The van der Waals surface area contributed by atoms with Gasteiger partial charge in [0.25, 0.3) is 0 Å². The summed E-state index contributed by atoms with van der Waals surface area (Å²) in [6.07, 6.45) is 3.87. The Morgan fingerprint density at radius 2 is 1.74 bits per heavy atom. The number of hydrogen-bond donors (Lipinski definition) is 2. The first-order valence-corrected chi connectivity index (χ1v) is 6.88. The minimum absolute atomic E-state index is 0.509. The quantitative estimate of drug-likeness (QED) is 0.851. The number of hydrogen-bond acceptors (Lipinski definition) is 2. The van der Waals surface area contributed by atoms with E-state index in [1.807, 2.05) is 70.2 Å². The lowest BCUT2D eigenvalue weighted by molar-refractivity contribution is -0.138. The molecule has 0 bridgehead atoms. The van der Waals surface area contributed by atoms with E-state index in [1.165, 1.54) is 0 Å². The molecule has 0 aliphatic heterocycles. The van der Waals surface area contributed by atoms with Gasteiger partial charge in [-0.15, -0.1) is 0 Å². The van der Waals surface area contributed by atoms with Gasteiger partial charge in [-0.05, 0) is 12.5 Å². The van der Waals surface area contributed by atoms with E-state index in [9.17, 15) is 4.79 Å². The summed E-state index contributed by atoms with van der Waals surface area (Å²) >= 11 is 0. The maximum Gasteiger partial charge on any atom is 0.320 e. The van der Waals surface area contributed by atoms with Gasteiger partial charge in [-0.2, -0.15) is 0 Å². The van der Waals surface area contributed by atoms with Crippen molar-refractivity contribution < 1.29 is 9.90 Å². The van der Waals surface area contributed by atoms with Crippen molar-refractivity contribution in [2.24, 2.45) is 0 Å². The fraction of sp³-hybridized carbons (Fsp3) is 0.438. The highest BCUT2D eigenvalue weighted by atomic mass is 16.4. The molecule has 1 unspecified atom stereocenters. The first-order valence-electron chi connectivity index (χ1n) is 6.88. The predicted molar refractivity (Wildman–Crippen MR) is 83.3 cm³/mol. The Bertz CT molecular complexity index is 334. The van der Waals surface area contributed by atoms with Crippen molar-refractivity contribution in [3.63, 3.8) is 0 Å². The van der Waals surface area contributed by atoms with Gasteiger partial charge in [0.2, 0.25) is 0 Å². The van der Waals surface area contributed by atoms with Crippen molar-refractivity contribution in [1.29, 1.82) is 0 Å². The molecule has 0 saturated carbocycles. The molecule has 1 aromatic rings. The van der Waals surface area contributed by atoms with Gasteiger partial charge >= 0.3 is 5.97 Å². The van der Waals surface area contributed by atoms with Crippen LogP contribution in [0.15, 0.2) is 36.4 Å². The predicted octanol–water partition coefficient (Wildman–Crippen LogP) is 3.81. The average Bonchev–Trinajstić information content (AvgIpc) is 2.48. The van der Waals surface area contributed by atoms with Gasteiger partial charge in [-0.3, -0.25) is 4.79 Å². The Morgan fingerprint density at radius 3 is 2.21 bits per heavy atom. The van der Waals surface area contributed by atoms with Crippen LogP contribution in [0.25, 0.3) is 6.08 Å². The highest BCUT2D eigenvalue weighted by Crippen LogP contribution is 1.99. The third kappa shape index (κ3) is 11.2. The monoisotopic (exact) mass is 265 g/mol. The third-order valence-electron chi connectivity index (χ3n) is 2.02. The topological polar surface area (TPSA) is 49.3 Å². The molecule has 0 aromatic heterocycles. The number of rotatable bonds is 5. The molecular formula is C16H27NO2. The van der Waals surface area contributed by atoms with Crippen LogP contribution in [0.4, 0.5) is 0 Å². The lowest BCUT2D eigenvalue weighted by atomic mass is 10.2. The molecular weight excluding hydrogens is 238 g/mol. The molecule has 2 N–H and O–H groups in total. The molecule has 0 heterocycles. The average molecular weight is 265 g/mol. The fourth-order valence-electron chi connectivity index (χ4n) is 1.09. The second kappa shape index (κ2) is 14.5. The van der Waals surface area contributed by atoms with Crippen molar-refractivity contribution in [1.82, 2.24) is 5.32 Å². The van der Waals surface area contributed by atoms with E-state index in [2.05, 4.69) is 5.32 Å². The van der Waals surface area contributed by atoms with Crippen molar-refractivity contribution in [3.8, 4) is 0 Å². The van der Waals surface area contributed by atoms with Crippen LogP contribution in [-0.4, -0.2) is 23.7 Å². The Kier molecular flexibility index (Phi) is 15.0. The van der Waals surface area contributed by atoms with Crippen LogP contribution >= 0.6 is 0 Å². The molecule has 0 radical (unpaired) electrons. The van der Waals surface area contributed by atoms with Crippen molar-refractivity contribution in [3.05, 3.63) is 42.0 Å². The number of aliphatic carboxylic acids is 1. The van der Waals surface area contributed by atoms with Gasteiger partial charge in [0.1, 0.15) is 6.04 Å². The zero-order valence-corrected chi connectivity index (χ0v) is 12.7. The molecule has 108 valence electrons. The largest absolute Gasteiger partial charge is 0.480 e. The summed E-state index contributed by atoms with van der Waals surface area (Å²) in [5.74, 6) is -0.830. The summed E-state index contributed by atoms with van der Waals surface area (Å²) in [5.41, 5.74) is 1.11. The Hall–Kier alpha value is -1.61. The minimum atomic E-state index is -0.830. The van der Waals surface area contributed by atoms with Crippen LogP contribution in [0.2, 0.25) is 0 Å². The summed E-state index contributed by atoms with van der Waals surface area (Å²) in [7, 11) is 0. The van der Waals surface area contributed by atoms with Crippen molar-refractivity contribution in [2.75, 3.05) is 6.54 Å². The van der Waals surface area contributed by atoms with Crippen molar-refractivity contribution >= 4 is 12.0 Å². The molecule has 3 nitrogen and oxygen atoms in total. The summed E-state index contributed by atoms with van der Waals surface area (Å²) in [6.45, 7) is 10.2. The molecule has 0 spiro atoms. The van der Waals surface area contributed by atoms with E-state index in [0.717, 1.165) is 5.56 Å². The molecule has 0 fully saturated rings. The van der Waals surface area contributed by atoms with E-state index in [-0.39, 0.29) is 0 Å². The first kappa shape index (κ1) is 19.7. The summed E-state index contributed by atoms with van der Waals surface area (Å²) in [5, 5.41) is 11.5. The molecule has 0 aliphatic rings. The highest BCUT2D eigenvalue weighted by molar-refractivity contribution is 5.72. The van der Waals surface area contributed by atoms with E-state index in [1.54, 1.807) is 6.92 Å². The summed E-state index contributed by atoms with van der Waals surface area (Å²) in [4.78, 5) is 10.5. The second-order valence-corrected chi connectivity index (χ2v) is 3.28. The lowest BCUT2D eigenvalue weighted by Crippen LogP contribution is -2.33. The number of carbonyl (C=O) groups is 1. The molecule has 0 aliphatic carbocycles. The number of carboxylic acids is 1. The Morgan fingerprint density at radius 1 is 1.21 bits per heavy atom. The van der Waals surface area contributed by atoms with Gasteiger partial charge < -0.3 is 10.4 Å². The minimum Gasteiger partial charge on any atom is -0.480 e. The smallest absolute Gasteiger partial charge is 0.320 e. The normalized spacial score (nSPS) is 10.8. The van der Waals surface area contributed by atoms with Gasteiger partial charge in [0.15, 0.2) is 0 Å². The molecule has 0 amide bonds. The number of nitrogens with one attached hydrogen (secondary N) is 1. The van der Waals surface area contributed by atoms with Crippen LogP contribution < -0.4 is 5.32 Å². The standard InChI is InChI=1S/C12H15NO2.2C2H6/c1-10(12(14)15)13-9-5-8-11-6-3-2-4-7-11;2*1-2/h2-8,10,13H,9H2,1H3,(H,14,15);2*1-2H3/b8-5+;;. The van der Waals surface area contributed by atoms with Crippen LogP contribution in [0, 0.1) is 0 Å². The molecule has 1 atom stereocenters. The van der Waals surface area contributed by atoms with Crippen molar-refractivity contribution in [2.45, 2.75) is 40.7 Å². The molecule has 1 aromatic carbocycles. The summed E-state index contributed by atoms with van der Waals surface area (Å²) < 4.78 is 0. The van der Waals surface area contributed by atoms with E-state index < -0.39 is 12.0 Å². The van der Waals surface area contributed by atoms with Crippen LogP contribution in [0.3, 0.4) is 0 Å². The van der Waals surface area contributed by atoms with Gasteiger partial charge in [0, 0.05) is 6.54 Å². The fourth-order valence-corrected chi connectivity index (χ4v) is 1.09. The number of benzene rings is 1. The molecule has 3 heteroatoms. The summed E-state index contributed by atoms with van der Waals surface area (Å²) in [6, 6.07) is 9.38. The van der Waals surface area contributed by atoms with Crippen LogP contribution in [-0.2, 0) is 4.79 Å². The molecule has 1 rings (SSSR count). The first-order chi connectivity index (χ1) is 9.20. The Labute approximate surface area is 117 Å². The van der Waals surface area contributed by atoms with Crippen LogP contribution in [0.1, 0.15) is 40.2 Å². The highest BCUT2D eigenvalue weighted by Gasteiger charge is 2.06. The second-order valence-electron chi connectivity index (χ2n) is 3.28. The van der Waals surface area contributed by atoms with Gasteiger partial charge in [0.05, 0.1) is 0 Å². The van der Waals surface area contributed by atoms with E-state index >= 15 is 0 Å². The number of carboxylic acid groups (broad SMARTS) is 1. The zero-order chi connectivity index (χ0) is 15.1. The molecule has 19 heavy (non-hydrogen) atoms. The van der Waals surface area contributed by atoms with Gasteiger partial charge in [-0.1, -0.05) is 70.2 Å². The molecule has 0 saturated heterocycles. The maximum atomic E-state index is 10.5. The SMILES string of the molecule is CC.CC.CC(NC/C=C/c1ccccc1)C(=O)O. The Balaban J connectivity index is 0. The lowest BCUT2D eigenvalue weighted by Gasteiger charge is -2.05. The van der Waals surface area contributed by atoms with E-state index in [4.69, 9.17) is 5.11 Å². The zero-order valence-electron chi connectivity index (χ0n) is 12.7. The van der Waals surface area contributed by atoms with E-state index in [0.29, 0.717) is 6.54 Å². The van der Waals surface area contributed by atoms with Crippen LogP contribution in [0.5, 0.6) is 0 Å². The van der Waals surface area contributed by atoms with Gasteiger partial charge in [-0.25, -0.2) is 0 Å². The third-order valence-corrected chi connectivity index (χ3v) is 2.02.